The van der Waals surface area contributed by atoms with Crippen molar-refractivity contribution in [3.63, 3.8) is 0 Å². The van der Waals surface area contributed by atoms with Crippen LogP contribution in [0, 0.1) is 0 Å². The largest absolute Gasteiger partial charge is 0.377 e. The molecule has 1 N–H and O–H groups in total. The molecular formula is C12H19NOS. The number of rotatable bonds is 4. The van der Waals surface area contributed by atoms with E-state index < -0.39 is 0 Å². The van der Waals surface area contributed by atoms with E-state index in [1.54, 1.807) is 11.3 Å². The van der Waals surface area contributed by atoms with Gasteiger partial charge in [-0.1, -0.05) is 0 Å². The average Bonchev–Trinajstić information content (AvgIpc) is 2.80. The Morgan fingerprint density at radius 2 is 2.53 bits per heavy atom. The minimum Gasteiger partial charge on any atom is -0.377 e. The van der Waals surface area contributed by atoms with Gasteiger partial charge in [-0.3, -0.25) is 0 Å². The van der Waals surface area contributed by atoms with Gasteiger partial charge in [0, 0.05) is 12.6 Å². The van der Waals surface area contributed by atoms with Gasteiger partial charge < -0.3 is 10.1 Å². The molecule has 0 spiro atoms. The van der Waals surface area contributed by atoms with Crippen molar-refractivity contribution in [3.8, 4) is 0 Å². The Kier molecular flexibility index (Phi) is 4.18. The Bertz CT molecular complexity index is 267. The molecule has 3 heteroatoms. The summed E-state index contributed by atoms with van der Waals surface area (Å²) < 4.78 is 5.82. The smallest absolute Gasteiger partial charge is 0.0731 e. The van der Waals surface area contributed by atoms with E-state index in [4.69, 9.17) is 4.74 Å². The zero-order valence-corrected chi connectivity index (χ0v) is 10.1. The van der Waals surface area contributed by atoms with Gasteiger partial charge in [0.05, 0.1) is 6.10 Å². The van der Waals surface area contributed by atoms with Crippen LogP contribution in [0.2, 0.25) is 0 Å². The predicted octanol–water partition coefficient (Wildman–Crippen LogP) is 2.45. The monoisotopic (exact) mass is 225 g/mol. The van der Waals surface area contributed by atoms with Gasteiger partial charge in [0.2, 0.25) is 0 Å². The molecule has 84 valence electrons. The molecule has 1 aromatic rings. The van der Waals surface area contributed by atoms with Gasteiger partial charge in [-0.2, -0.15) is 11.3 Å². The number of thiophene rings is 1. The minimum atomic E-state index is 0.406. The van der Waals surface area contributed by atoms with Crippen molar-refractivity contribution in [2.24, 2.45) is 0 Å². The highest BCUT2D eigenvalue weighted by Gasteiger charge is 2.23. The van der Waals surface area contributed by atoms with Crippen LogP contribution in [-0.4, -0.2) is 25.8 Å². The number of hydrogen-bond acceptors (Lipinski definition) is 3. The second-order valence-corrected chi connectivity index (χ2v) is 4.92. The normalized spacial score (nSPS) is 23.9. The number of likely N-dealkylation sites (N-methyl/N-ethyl adjacent to an activating group) is 1. The zero-order valence-electron chi connectivity index (χ0n) is 9.24. The molecule has 0 aromatic carbocycles. The molecule has 2 atom stereocenters. The average molecular weight is 225 g/mol. The van der Waals surface area contributed by atoms with Gasteiger partial charge in [-0.05, 0) is 55.1 Å². The van der Waals surface area contributed by atoms with Crippen molar-refractivity contribution in [1.82, 2.24) is 5.32 Å². The van der Waals surface area contributed by atoms with Crippen molar-refractivity contribution in [2.75, 3.05) is 13.7 Å². The van der Waals surface area contributed by atoms with E-state index in [9.17, 15) is 0 Å². The summed E-state index contributed by atoms with van der Waals surface area (Å²) in [5, 5.41) is 7.76. The molecular weight excluding hydrogens is 206 g/mol. The van der Waals surface area contributed by atoms with Crippen LogP contribution in [0.4, 0.5) is 0 Å². The second kappa shape index (κ2) is 5.64. The highest BCUT2D eigenvalue weighted by Crippen LogP contribution is 2.19. The van der Waals surface area contributed by atoms with Crippen LogP contribution in [0.5, 0.6) is 0 Å². The molecule has 0 aliphatic carbocycles. The summed E-state index contributed by atoms with van der Waals surface area (Å²) in [6, 6.07) is 2.68. The fraction of sp³-hybridized carbons (Fsp3) is 0.667. The molecule has 1 saturated heterocycles. The SMILES string of the molecule is CNC(Cc1ccsc1)C1CCCCO1. The molecule has 1 aliphatic heterocycles. The zero-order chi connectivity index (χ0) is 10.5. The number of hydrogen-bond donors (Lipinski definition) is 1. The van der Waals surface area contributed by atoms with E-state index in [-0.39, 0.29) is 0 Å². The lowest BCUT2D eigenvalue weighted by Gasteiger charge is -2.30. The van der Waals surface area contributed by atoms with E-state index >= 15 is 0 Å². The lowest BCUT2D eigenvalue weighted by molar-refractivity contribution is -0.00585. The molecule has 1 fully saturated rings. The molecule has 2 rings (SSSR count). The molecule has 2 nitrogen and oxygen atoms in total. The first-order valence-corrected chi connectivity index (χ1v) is 6.64. The first-order valence-electron chi connectivity index (χ1n) is 5.70. The van der Waals surface area contributed by atoms with Crippen LogP contribution in [0.1, 0.15) is 24.8 Å². The van der Waals surface area contributed by atoms with Crippen molar-refractivity contribution >= 4 is 11.3 Å². The van der Waals surface area contributed by atoms with Crippen molar-refractivity contribution < 1.29 is 4.74 Å². The maximum absolute atomic E-state index is 5.82. The molecule has 0 saturated carbocycles. The standard InChI is InChI=1S/C12H19NOS/c1-13-11(8-10-5-7-15-9-10)12-4-2-3-6-14-12/h5,7,9,11-13H,2-4,6,8H2,1H3. The van der Waals surface area contributed by atoms with Crippen LogP contribution in [0.25, 0.3) is 0 Å². The summed E-state index contributed by atoms with van der Waals surface area (Å²) in [5.41, 5.74) is 1.42. The highest BCUT2D eigenvalue weighted by molar-refractivity contribution is 7.07. The molecule has 15 heavy (non-hydrogen) atoms. The number of ether oxygens (including phenoxy) is 1. The second-order valence-electron chi connectivity index (χ2n) is 4.14. The van der Waals surface area contributed by atoms with Gasteiger partial charge in [0.25, 0.3) is 0 Å². The van der Waals surface area contributed by atoms with Crippen molar-refractivity contribution in [2.45, 2.75) is 37.8 Å². The Labute approximate surface area is 95.6 Å². The van der Waals surface area contributed by atoms with Gasteiger partial charge in [-0.25, -0.2) is 0 Å². The molecule has 2 unspecified atom stereocenters. The van der Waals surface area contributed by atoms with E-state index in [0.717, 1.165) is 13.0 Å². The lowest BCUT2D eigenvalue weighted by atomic mass is 9.97. The quantitative estimate of drug-likeness (QED) is 0.850. The van der Waals surface area contributed by atoms with E-state index in [1.165, 1.54) is 24.8 Å². The summed E-state index contributed by atoms with van der Waals surface area (Å²) in [6.07, 6.45) is 5.24. The maximum atomic E-state index is 5.82. The Balaban J connectivity index is 1.91. The van der Waals surface area contributed by atoms with Crippen LogP contribution in [0.3, 0.4) is 0 Å². The third kappa shape index (κ3) is 3.03. The van der Waals surface area contributed by atoms with Gasteiger partial charge in [0.1, 0.15) is 0 Å². The highest BCUT2D eigenvalue weighted by atomic mass is 32.1. The van der Waals surface area contributed by atoms with Crippen LogP contribution in [0.15, 0.2) is 16.8 Å². The van der Waals surface area contributed by atoms with E-state index in [1.807, 2.05) is 7.05 Å². The molecule has 1 aliphatic rings. The third-order valence-electron chi connectivity index (χ3n) is 3.07. The minimum absolute atomic E-state index is 0.406. The Hall–Kier alpha value is -0.380. The fourth-order valence-electron chi connectivity index (χ4n) is 2.17. The van der Waals surface area contributed by atoms with Gasteiger partial charge in [-0.15, -0.1) is 0 Å². The Morgan fingerprint density at radius 3 is 3.13 bits per heavy atom. The molecule has 0 radical (unpaired) electrons. The molecule has 0 amide bonds. The van der Waals surface area contributed by atoms with Gasteiger partial charge >= 0.3 is 0 Å². The van der Waals surface area contributed by atoms with Crippen LogP contribution in [-0.2, 0) is 11.2 Å². The topological polar surface area (TPSA) is 21.3 Å². The first-order chi connectivity index (χ1) is 7.40. The summed E-state index contributed by atoms with van der Waals surface area (Å²) in [4.78, 5) is 0. The maximum Gasteiger partial charge on any atom is 0.0731 e. The van der Waals surface area contributed by atoms with Crippen LogP contribution >= 0.6 is 11.3 Å². The fourth-order valence-corrected chi connectivity index (χ4v) is 2.85. The van der Waals surface area contributed by atoms with Gasteiger partial charge in [0.15, 0.2) is 0 Å². The van der Waals surface area contributed by atoms with Crippen LogP contribution < -0.4 is 5.32 Å². The first kappa shape index (κ1) is 11.1. The predicted molar refractivity (Wildman–Crippen MR) is 64.5 cm³/mol. The summed E-state index contributed by atoms with van der Waals surface area (Å²) >= 11 is 1.77. The third-order valence-corrected chi connectivity index (χ3v) is 3.80. The molecule has 2 heterocycles. The van der Waals surface area contributed by atoms with E-state index in [2.05, 4.69) is 22.1 Å². The number of nitrogens with one attached hydrogen (secondary N) is 1. The Morgan fingerprint density at radius 1 is 1.60 bits per heavy atom. The van der Waals surface area contributed by atoms with Crippen molar-refractivity contribution in [1.29, 1.82) is 0 Å². The van der Waals surface area contributed by atoms with Crippen molar-refractivity contribution in [3.05, 3.63) is 22.4 Å². The molecule has 1 aromatic heterocycles. The summed E-state index contributed by atoms with van der Waals surface area (Å²) in [6.45, 7) is 0.937. The summed E-state index contributed by atoms with van der Waals surface area (Å²) in [5.74, 6) is 0. The van der Waals surface area contributed by atoms with E-state index in [0.29, 0.717) is 12.1 Å². The molecule has 0 bridgehead atoms. The lowest BCUT2D eigenvalue weighted by Crippen LogP contribution is -2.42. The summed E-state index contributed by atoms with van der Waals surface area (Å²) in [7, 11) is 2.04.